The molecule has 0 amide bonds. The van der Waals surface area contributed by atoms with E-state index in [1.807, 2.05) is 0 Å². The third-order valence-electron chi connectivity index (χ3n) is 2.82. The van der Waals surface area contributed by atoms with Crippen LogP contribution in [-0.4, -0.2) is 41.0 Å². The Morgan fingerprint density at radius 2 is 2.06 bits per heavy atom. The molecule has 2 heterocycles. The zero-order valence-electron chi connectivity index (χ0n) is 9.32. The van der Waals surface area contributed by atoms with Crippen LogP contribution in [0.15, 0.2) is 12.4 Å². The van der Waals surface area contributed by atoms with E-state index in [1.165, 1.54) is 44.7 Å². The fraction of sp³-hybridized carbons (Fsp3) is 0.636. The predicted molar refractivity (Wildman–Crippen MR) is 60.8 cm³/mol. The molecule has 2 rings (SSSR count). The Hall–Kier alpha value is -1.23. The molecule has 88 valence electrons. The Balaban J connectivity index is 1.71. The lowest BCUT2D eigenvalue weighted by atomic mass is 10.1. The molecule has 1 aliphatic rings. The van der Waals surface area contributed by atoms with E-state index in [4.69, 9.17) is 0 Å². The number of aromatic nitrogens is 2. The zero-order chi connectivity index (χ0) is 11.2. The molecule has 1 aromatic rings. The van der Waals surface area contributed by atoms with Gasteiger partial charge in [-0.1, -0.05) is 6.42 Å². The molecule has 0 aromatic carbocycles. The lowest BCUT2D eigenvalue weighted by Crippen LogP contribution is -2.33. The largest absolute Gasteiger partial charge is 0.369 e. The molecule has 0 saturated carbocycles. The van der Waals surface area contributed by atoms with Crippen LogP contribution in [0.2, 0.25) is 0 Å². The number of nitrogens with one attached hydrogen (secondary N) is 1. The van der Waals surface area contributed by atoms with Crippen molar-refractivity contribution < 1.29 is 4.39 Å². The van der Waals surface area contributed by atoms with E-state index in [2.05, 4.69) is 20.2 Å². The molecular formula is C11H17FN4. The number of halogens is 1. The van der Waals surface area contributed by atoms with Gasteiger partial charge in [-0.2, -0.15) is 4.39 Å². The molecule has 1 aromatic heterocycles. The molecule has 0 atom stereocenters. The van der Waals surface area contributed by atoms with E-state index >= 15 is 0 Å². The summed E-state index contributed by atoms with van der Waals surface area (Å²) in [5.41, 5.74) is 0. The van der Waals surface area contributed by atoms with Crippen molar-refractivity contribution in [2.24, 2.45) is 0 Å². The summed E-state index contributed by atoms with van der Waals surface area (Å²) < 4.78 is 12.7. The molecule has 1 N–H and O–H groups in total. The molecule has 1 saturated heterocycles. The van der Waals surface area contributed by atoms with Gasteiger partial charge in [0.15, 0.2) is 0 Å². The number of rotatable bonds is 4. The maximum Gasteiger partial charge on any atom is 0.217 e. The van der Waals surface area contributed by atoms with Crippen LogP contribution in [0.4, 0.5) is 10.2 Å². The van der Waals surface area contributed by atoms with Crippen LogP contribution >= 0.6 is 0 Å². The molecular weight excluding hydrogens is 207 g/mol. The number of anilines is 1. The normalized spacial score (nSPS) is 17.3. The average molecular weight is 224 g/mol. The summed E-state index contributed by atoms with van der Waals surface area (Å²) in [6.07, 6.45) is 5.17. The third-order valence-corrected chi connectivity index (χ3v) is 2.82. The summed E-state index contributed by atoms with van der Waals surface area (Å²) in [4.78, 5) is 9.78. The van der Waals surface area contributed by atoms with Gasteiger partial charge in [0.25, 0.3) is 0 Å². The highest BCUT2D eigenvalue weighted by atomic mass is 19.1. The Kier molecular flexibility index (Phi) is 4.04. The summed E-state index contributed by atoms with van der Waals surface area (Å²) in [6, 6.07) is 1.32. The van der Waals surface area contributed by atoms with Gasteiger partial charge in [0.1, 0.15) is 12.1 Å². The number of hydrogen-bond donors (Lipinski definition) is 1. The highest BCUT2D eigenvalue weighted by Gasteiger charge is 2.08. The van der Waals surface area contributed by atoms with Gasteiger partial charge in [0.05, 0.1) is 0 Å². The van der Waals surface area contributed by atoms with Crippen molar-refractivity contribution in [1.29, 1.82) is 0 Å². The molecule has 0 unspecified atom stereocenters. The van der Waals surface area contributed by atoms with Crippen molar-refractivity contribution in [3.8, 4) is 0 Å². The second kappa shape index (κ2) is 5.75. The quantitative estimate of drug-likeness (QED) is 0.787. The van der Waals surface area contributed by atoms with Crippen molar-refractivity contribution >= 4 is 5.82 Å². The molecule has 16 heavy (non-hydrogen) atoms. The van der Waals surface area contributed by atoms with E-state index in [9.17, 15) is 4.39 Å². The first-order valence-corrected chi connectivity index (χ1v) is 5.78. The zero-order valence-corrected chi connectivity index (χ0v) is 9.32. The van der Waals surface area contributed by atoms with Crippen molar-refractivity contribution in [3.05, 3.63) is 18.3 Å². The topological polar surface area (TPSA) is 41.0 Å². The molecule has 5 heteroatoms. The molecule has 0 aliphatic carbocycles. The molecule has 0 radical (unpaired) electrons. The van der Waals surface area contributed by atoms with Gasteiger partial charge in [-0.3, -0.25) is 0 Å². The first kappa shape index (κ1) is 11.3. The van der Waals surface area contributed by atoms with Gasteiger partial charge in [0.2, 0.25) is 5.95 Å². The first-order valence-electron chi connectivity index (χ1n) is 5.78. The van der Waals surface area contributed by atoms with E-state index in [-0.39, 0.29) is 0 Å². The van der Waals surface area contributed by atoms with Crippen LogP contribution in [0.3, 0.4) is 0 Å². The van der Waals surface area contributed by atoms with Gasteiger partial charge >= 0.3 is 0 Å². The lowest BCUT2D eigenvalue weighted by Gasteiger charge is -2.26. The molecule has 0 spiro atoms. The van der Waals surface area contributed by atoms with Crippen LogP contribution in [0, 0.1) is 5.95 Å². The summed E-state index contributed by atoms with van der Waals surface area (Å²) in [5, 5.41) is 3.10. The Morgan fingerprint density at radius 1 is 1.25 bits per heavy atom. The van der Waals surface area contributed by atoms with E-state index in [1.54, 1.807) is 0 Å². The standard InChI is InChI=1S/C11H17FN4/c12-10-8-11(15-9-14-10)13-4-7-16-5-2-1-3-6-16/h8-9H,1-7H2,(H,13,14,15). The number of piperidine rings is 1. The molecule has 4 nitrogen and oxygen atoms in total. The molecule has 1 aliphatic heterocycles. The molecule has 0 bridgehead atoms. The van der Waals surface area contributed by atoms with Gasteiger partial charge in [-0.15, -0.1) is 0 Å². The van der Waals surface area contributed by atoms with E-state index in [0.717, 1.165) is 13.1 Å². The van der Waals surface area contributed by atoms with Crippen LogP contribution < -0.4 is 5.32 Å². The minimum atomic E-state index is -0.490. The minimum Gasteiger partial charge on any atom is -0.369 e. The number of hydrogen-bond acceptors (Lipinski definition) is 4. The van der Waals surface area contributed by atoms with Crippen molar-refractivity contribution in [1.82, 2.24) is 14.9 Å². The van der Waals surface area contributed by atoms with E-state index < -0.39 is 5.95 Å². The number of nitrogens with zero attached hydrogens (tertiary/aromatic N) is 3. The third kappa shape index (κ3) is 3.41. The van der Waals surface area contributed by atoms with Crippen molar-refractivity contribution in [2.75, 3.05) is 31.5 Å². The Bertz CT molecular complexity index is 326. The maximum absolute atomic E-state index is 12.7. The maximum atomic E-state index is 12.7. The predicted octanol–water partition coefficient (Wildman–Crippen LogP) is 1.51. The SMILES string of the molecule is Fc1cc(NCCN2CCCCC2)ncn1. The first-order chi connectivity index (χ1) is 7.84. The summed E-state index contributed by atoms with van der Waals surface area (Å²) in [6.45, 7) is 4.15. The fourth-order valence-electron chi connectivity index (χ4n) is 1.96. The minimum absolute atomic E-state index is 0.490. The van der Waals surface area contributed by atoms with E-state index in [0.29, 0.717) is 5.82 Å². The average Bonchev–Trinajstić information content (AvgIpc) is 2.30. The van der Waals surface area contributed by atoms with Crippen LogP contribution in [-0.2, 0) is 0 Å². The smallest absolute Gasteiger partial charge is 0.217 e. The number of likely N-dealkylation sites (tertiary alicyclic amines) is 1. The fourth-order valence-corrected chi connectivity index (χ4v) is 1.96. The van der Waals surface area contributed by atoms with Crippen molar-refractivity contribution in [3.63, 3.8) is 0 Å². The highest BCUT2D eigenvalue weighted by Crippen LogP contribution is 2.08. The van der Waals surface area contributed by atoms with Crippen LogP contribution in [0.1, 0.15) is 19.3 Å². The van der Waals surface area contributed by atoms with Crippen LogP contribution in [0.25, 0.3) is 0 Å². The van der Waals surface area contributed by atoms with Gasteiger partial charge in [-0.05, 0) is 25.9 Å². The summed E-state index contributed by atoms with van der Waals surface area (Å²) >= 11 is 0. The second-order valence-electron chi connectivity index (χ2n) is 4.06. The van der Waals surface area contributed by atoms with Crippen molar-refractivity contribution in [2.45, 2.75) is 19.3 Å². The molecule has 1 fully saturated rings. The second-order valence-corrected chi connectivity index (χ2v) is 4.06. The van der Waals surface area contributed by atoms with Gasteiger partial charge in [-0.25, -0.2) is 9.97 Å². The highest BCUT2D eigenvalue weighted by molar-refractivity contribution is 5.31. The lowest BCUT2D eigenvalue weighted by molar-refractivity contribution is 0.237. The Morgan fingerprint density at radius 3 is 2.81 bits per heavy atom. The van der Waals surface area contributed by atoms with Gasteiger partial charge in [0, 0.05) is 19.2 Å². The summed E-state index contributed by atoms with van der Waals surface area (Å²) in [7, 11) is 0. The Labute approximate surface area is 94.9 Å². The van der Waals surface area contributed by atoms with Crippen LogP contribution in [0.5, 0.6) is 0 Å². The monoisotopic (exact) mass is 224 g/mol. The van der Waals surface area contributed by atoms with Gasteiger partial charge < -0.3 is 10.2 Å². The summed E-state index contributed by atoms with van der Waals surface area (Å²) in [5.74, 6) is 0.0694.